The summed E-state index contributed by atoms with van der Waals surface area (Å²) in [6, 6.07) is 0. The summed E-state index contributed by atoms with van der Waals surface area (Å²) in [4.78, 5) is 3.72. The van der Waals surface area contributed by atoms with Crippen LogP contribution < -0.4 is 11.5 Å². The molecule has 0 heterocycles. The number of hydrogen-bond acceptors (Lipinski definition) is 1. The van der Waals surface area contributed by atoms with Crippen molar-refractivity contribution in [1.29, 1.82) is 0 Å². The fourth-order valence-electron chi connectivity index (χ4n) is 1.20. The van der Waals surface area contributed by atoms with E-state index in [9.17, 15) is 4.39 Å². The Hall–Kier alpha value is -0.800. The van der Waals surface area contributed by atoms with E-state index in [1.165, 1.54) is 0 Å². The molecule has 3 nitrogen and oxygen atoms in total. The van der Waals surface area contributed by atoms with Crippen LogP contribution in [-0.2, 0) is 0 Å². The molecule has 4 heteroatoms. The summed E-state index contributed by atoms with van der Waals surface area (Å²) in [6.07, 6.45) is 2.81. The average molecular weight is 159 g/mol. The summed E-state index contributed by atoms with van der Waals surface area (Å²) in [7, 11) is 0. The standard InChI is InChI=1S/C7H14FN3/c8-7(2-1-3-7)4-5-11-6(9)10/h1-5H2,(H4,9,10,11). The Morgan fingerprint density at radius 3 is 2.45 bits per heavy atom. The molecule has 0 aromatic rings. The first kappa shape index (κ1) is 8.30. The molecular formula is C7H14FN3. The number of nitrogens with two attached hydrogens (primary N) is 2. The monoisotopic (exact) mass is 159 g/mol. The summed E-state index contributed by atoms with van der Waals surface area (Å²) >= 11 is 0. The van der Waals surface area contributed by atoms with Gasteiger partial charge >= 0.3 is 0 Å². The second kappa shape index (κ2) is 3.07. The fourth-order valence-corrected chi connectivity index (χ4v) is 1.20. The summed E-state index contributed by atoms with van der Waals surface area (Å²) in [5.74, 6) is 0.0490. The molecule has 1 aliphatic rings. The number of rotatable bonds is 3. The van der Waals surface area contributed by atoms with Crippen LogP contribution >= 0.6 is 0 Å². The summed E-state index contributed by atoms with van der Waals surface area (Å²) < 4.78 is 13.2. The highest BCUT2D eigenvalue weighted by Crippen LogP contribution is 2.38. The quantitative estimate of drug-likeness (QED) is 0.466. The van der Waals surface area contributed by atoms with E-state index < -0.39 is 5.67 Å². The number of aliphatic imine (C=N–C) groups is 1. The van der Waals surface area contributed by atoms with Gasteiger partial charge in [-0.15, -0.1) is 0 Å². The van der Waals surface area contributed by atoms with Crippen LogP contribution in [-0.4, -0.2) is 18.2 Å². The molecule has 0 aromatic heterocycles. The smallest absolute Gasteiger partial charge is 0.185 e. The largest absolute Gasteiger partial charge is 0.370 e. The predicted molar refractivity (Wildman–Crippen MR) is 43.0 cm³/mol. The van der Waals surface area contributed by atoms with Crippen LogP contribution in [0.4, 0.5) is 4.39 Å². The third-order valence-corrected chi connectivity index (χ3v) is 2.10. The molecule has 0 aliphatic heterocycles. The van der Waals surface area contributed by atoms with Crippen molar-refractivity contribution in [3.8, 4) is 0 Å². The van der Waals surface area contributed by atoms with Gasteiger partial charge in [0.15, 0.2) is 5.96 Å². The highest BCUT2D eigenvalue weighted by molar-refractivity contribution is 5.75. The van der Waals surface area contributed by atoms with E-state index in [2.05, 4.69) is 4.99 Å². The van der Waals surface area contributed by atoms with Crippen molar-refractivity contribution in [1.82, 2.24) is 0 Å². The van der Waals surface area contributed by atoms with Gasteiger partial charge in [0.1, 0.15) is 5.67 Å². The maximum atomic E-state index is 13.2. The van der Waals surface area contributed by atoms with Crippen molar-refractivity contribution in [2.75, 3.05) is 6.54 Å². The van der Waals surface area contributed by atoms with Crippen LogP contribution in [0.1, 0.15) is 25.7 Å². The molecular weight excluding hydrogens is 145 g/mol. The molecule has 0 spiro atoms. The van der Waals surface area contributed by atoms with E-state index in [0.29, 0.717) is 25.8 Å². The van der Waals surface area contributed by atoms with E-state index in [0.717, 1.165) is 6.42 Å². The zero-order valence-corrected chi connectivity index (χ0v) is 6.52. The van der Waals surface area contributed by atoms with E-state index in [1.54, 1.807) is 0 Å². The Bertz CT molecular complexity index is 159. The van der Waals surface area contributed by atoms with Crippen molar-refractivity contribution in [3.63, 3.8) is 0 Å². The Morgan fingerprint density at radius 1 is 1.45 bits per heavy atom. The number of nitrogens with zero attached hydrogens (tertiary/aromatic N) is 1. The Morgan fingerprint density at radius 2 is 2.09 bits per heavy atom. The first-order chi connectivity index (χ1) is 5.12. The molecule has 0 bridgehead atoms. The van der Waals surface area contributed by atoms with Crippen molar-refractivity contribution >= 4 is 5.96 Å². The third kappa shape index (κ3) is 2.37. The molecule has 64 valence electrons. The minimum absolute atomic E-state index is 0.0490. The van der Waals surface area contributed by atoms with Gasteiger partial charge < -0.3 is 11.5 Å². The van der Waals surface area contributed by atoms with Gasteiger partial charge in [0.25, 0.3) is 0 Å². The van der Waals surface area contributed by atoms with Crippen LogP contribution in [0.5, 0.6) is 0 Å². The molecule has 1 rings (SSSR count). The van der Waals surface area contributed by atoms with Crippen LogP contribution in [0, 0.1) is 0 Å². The van der Waals surface area contributed by atoms with E-state index in [1.807, 2.05) is 0 Å². The minimum Gasteiger partial charge on any atom is -0.370 e. The minimum atomic E-state index is -0.959. The van der Waals surface area contributed by atoms with E-state index >= 15 is 0 Å². The molecule has 1 saturated carbocycles. The van der Waals surface area contributed by atoms with Gasteiger partial charge in [-0.2, -0.15) is 0 Å². The van der Waals surface area contributed by atoms with Gasteiger partial charge in [0.05, 0.1) is 0 Å². The number of alkyl halides is 1. The van der Waals surface area contributed by atoms with E-state index in [4.69, 9.17) is 11.5 Å². The summed E-state index contributed by atoms with van der Waals surface area (Å²) in [6.45, 7) is 0.416. The molecule has 4 N–H and O–H groups in total. The van der Waals surface area contributed by atoms with Crippen LogP contribution in [0.25, 0.3) is 0 Å². The van der Waals surface area contributed by atoms with Crippen molar-refractivity contribution in [2.45, 2.75) is 31.4 Å². The topological polar surface area (TPSA) is 64.4 Å². The molecule has 0 saturated heterocycles. The SMILES string of the molecule is NC(N)=NCCC1(F)CCC1. The lowest BCUT2D eigenvalue weighted by Crippen LogP contribution is -2.33. The lowest BCUT2D eigenvalue weighted by molar-refractivity contribution is 0.0568. The number of hydrogen-bond donors (Lipinski definition) is 2. The normalized spacial score (nSPS) is 20.5. The molecule has 11 heavy (non-hydrogen) atoms. The first-order valence-corrected chi connectivity index (χ1v) is 3.87. The van der Waals surface area contributed by atoms with Crippen molar-refractivity contribution in [3.05, 3.63) is 0 Å². The van der Waals surface area contributed by atoms with Gasteiger partial charge in [0.2, 0.25) is 0 Å². The molecule has 0 radical (unpaired) electrons. The zero-order valence-electron chi connectivity index (χ0n) is 6.52. The maximum Gasteiger partial charge on any atom is 0.185 e. The Kier molecular flexibility index (Phi) is 2.31. The Labute approximate surface area is 65.7 Å². The summed E-state index contributed by atoms with van der Waals surface area (Å²) in [5, 5.41) is 0. The maximum absolute atomic E-state index is 13.2. The predicted octanol–water partition coefficient (Wildman–Crippen LogP) is 0.542. The van der Waals surface area contributed by atoms with Gasteiger partial charge in [-0.3, -0.25) is 4.99 Å². The van der Waals surface area contributed by atoms with Crippen LogP contribution in [0.15, 0.2) is 4.99 Å². The number of guanidine groups is 1. The molecule has 0 atom stereocenters. The van der Waals surface area contributed by atoms with Gasteiger partial charge in [0, 0.05) is 13.0 Å². The highest BCUT2D eigenvalue weighted by Gasteiger charge is 2.35. The number of halogens is 1. The van der Waals surface area contributed by atoms with Crippen LogP contribution in [0.3, 0.4) is 0 Å². The average Bonchev–Trinajstić information content (AvgIpc) is 1.83. The fraction of sp³-hybridized carbons (Fsp3) is 0.857. The second-order valence-electron chi connectivity index (χ2n) is 3.06. The molecule has 0 amide bonds. The molecule has 0 unspecified atom stereocenters. The van der Waals surface area contributed by atoms with Crippen molar-refractivity contribution in [2.24, 2.45) is 16.5 Å². The van der Waals surface area contributed by atoms with E-state index in [-0.39, 0.29) is 5.96 Å². The van der Waals surface area contributed by atoms with Gasteiger partial charge in [-0.1, -0.05) is 0 Å². The van der Waals surface area contributed by atoms with Crippen molar-refractivity contribution < 1.29 is 4.39 Å². The van der Waals surface area contributed by atoms with Gasteiger partial charge in [-0.05, 0) is 19.3 Å². The second-order valence-corrected chi connectivity index (χ2v) is 3.06. The molecule has 0 aromatic carbocycles. The van der Waals surface area contributed by atoms with Gasteiger partial charge in [-0.25, -0.2) is 4.39 Å². The molecule has 1 fully saturated rings. The van der Waals surface area contributed by atoms with Crippen LogP contribution in [0.2, 0.25) is 0 Å². The zero-order chi connectivity index (χ0) is 8.32. The lowest BCUT2D eigenvalue weighted by Gasteiger charge is -2.33. The lowest BCUT2D eigenvalue weighted by atomic mass is 9.80. The molecule has 1 aliphatic carbocycles. The highest BCUT2D eigenvalue weighted by atomic mass is 19.1. The summed E-state index contributed by atoms with van der Waals surface area (Å²) in [5.41, 5.74) is 9.21. The Balaban J connectivity index is 2.16. The third-order valence-electron chi connectivity index (χ3n) is 2.10. The first-order valence-electron chi connectivity index (χ1n) is 3.87.